The Labute approximate surface area is 418 Å². The molecule has 73 heavy (non-hydrogen) atoms. The molecule has 342 valence electrons. The average molecular weight is 937 g/mol. The van der Waals surface area contributed by atoms with Gasteiger partial charge in [0.15, 0.2) is 17.5 Å². The van der Waals surface area contributed by atoms with E-state index in [-0.39, 0.29) is 5.92 Å². The predicted octanol–water partition coefficient (Wildman–Crippen LogP) is 16.5. The van der Waals surface area contributed by atoms with Gasteiger partial charge in [-0.25, -0.2) is 15.0 Å². The van der Waals surface area contributed by atoms with Crippen molar-refractivity contribution < 1.29 is 8.83 Å². The van der Waals surface area contributed by atoms with Gasteiger partial charge in [0.2, 0.25) is 0 Å². The van der Waals surface area contributed by atoms with E-state index in [1.807, 2.05) is 78.9 Å². The molecule has 14 aromatic rings. The van der Waals surface area contributed by atoms with Crippen LogP contribution in [0, 0.1) is 17.2 Å². The maximum absolute atomic E-state index is 11.7. The Morgan fingerprint density at radius 1 is 0.493 bits per heavy atom. The van der Waals surface area contributed by atoms with E-state index in [9.17, 15) is 5.26 Å². The van der Waals surface area contributed by atoms with Crippen LogP contribution in [0.2, 0.25) is 0 Å². The SMILES string of the molecule is CC1C=Cc2oc3c(-c4nc(-c5ccccc5)nc(-c5ccccc5)n4)cc(C#N)c(-n4c5ccc(-c6ccc7oc8ccccc8c7c6)cc5c5c6c7ccccc7n(-c7ccccc7)c6ccc54)c3c2C1. The zero-order chi connectivity index (χ0) is 48.3. The van der Waals surface area contributed by atoms with Gasteiger partial charge >= 0.3 is 0 Å². The second kappa shape index (κ2) is 15.8. The van der Waals surface area contributed by atoms with Crippen LogP contribution in [-0.2, 0) is 6.42 Å². The molecule has 1 unspecified atom stereocenters. The van der Waals surface area contributed by atoms with Crippen LogP contribution >= 0.6 is 0 Å². The summed E-state index contributed by atoms with van der Waals surface area (Å²) in [4.78, 5) is 15.4. The van der Waals surface area contributed by atoms with Gasteiger partial charge in [-0.15, -0.1) is 0 Å². The number of hydrogen-bond donors (Lipinski definition) is 0. The second-order valence-corrected chi connectivity index (χ2v) is 19.1. The smallest absolute Gasteiger partial charge is 0.167 e. The molecule has 0 N–H and O–H groups in total. The highest BCUT2D eigenvalue weighted by Gasteiger charge is 2.30. The van der Waals surface area contributed by atoms with E-state index in [4.69, 9.17) is 23.8 Å². The summed E-state index contributed by atoms with van der Waals surface area (Å²) in [6.07, 6.45) is 5.01. The molecular weight excluding hydrogens is 897 g/mol. The summed E-state index contributed by atoms with van der Waals surface area (Å²) >= 11 is 0. The van der Waals surface area contributed by atoms with Gasteiger partial charge in [0.25, 0.3) is 0 Å². The molecule has 0 aliphatic heterocycles. The number of aromatic nitrogens is 5. The number of nitriles is 1. The molecule has 15 rings (SSSR count). The van der Waals surface area contributed by atoms with Crippen LogP contribution in [0.3, 0.4) is 0 Å². The van der Waals surface area contributed by atoms with Crippen molar-refractivity contribution in [1.82, 2.24) is 24.1 Å². The quantitative estimate of drug-likeness (QED) is 0.165. The number of hydrogen-bond acceptors (Lipinski definition) is 6. The van der Waals surface area contributed by atoms with Crippen molar-refractivity contribution in [1.29, 1.82) is 5.26 Å². The molecule has 1 aliphatic rings. The lowest BCUT2D eigenvalue weighted by Crippen LogP contribution is -2.05. The fraction of sp³-hybridized carbons (Fsp3) is 0.0462. The second-order valence-electron chi connectivity index (χ2n) is 19.1. The number of nitrogens with zero attached hydrogens (tertiary/aromatic N) is 6. The van der Waals surface area contributed by atoms with Gasteiger partial charge in [-0.2, -0.15) is 5.26 Å². The molecule has 0 fully saturated rings. The molecule has 0 spiro atoms. The molecule has 0 bridgehead atoms. The minimum Gasteiger partial charge on any atom is -0.456 e. The summed E-state index contributed by atoms with van der Waals surface area (Å²) in [6.45, 7) is 2.22. The Kier molecular flexibility index (Phi) is 8.89. The van der Waals surface area contributed by atoms with Crippen molar-refractivity contribution in [3.63, 3.8) is 0 Å². The topological polar surface area (TPSA) is 98.6 Å². The molecule has 8 nitrogen and oxygen atoms in total. The van der Waals surface area contributed by atoms with E-state index < -0.39 is 0 Å². The van der Waals surface area contributed by atoms with Crippen molar-refractivity contribution in [2.75, 3.05) is 0 Å². The van der Waals surface area contributed by atoms with Crippen molar-refractivity contribution in [2.45, 2.75) is 13.3 Å². The summed E-state index contributed by atoms with van der Waals surface area (Å²) in [6, 6.07) is 69.7. The third-order valence-corrected chi connectivity index (χ3v) is 14.7. The zero-order valence-electron chi connectivity index (χ0n) is 39.4. The van der Waals surface area contributed by atoms with Gasteiger partial charge in [0, 0.05) is 54.7 Å². The lowest BCUT2D eigenvalue weighted by atomic mass is 9.91. The fourth-order valence-corrected chi connectivity index (χ4v) is 11.5. The molecule has 8 heteroatoms. The Hall–Kier alpha value is -9.84. The fourth-order valence-electron chi connectivity index (χ4n) is 11.5. The normalized spacial score (nSPS) is 13.6. The summed E-state index contributed by atoms with van der Waals surface area (Å²) in [5.74, 6) is 2.48. The highest BCUT2D eigenvalue weighted by molar-refractivity contribution is 6.29. The largest absolute Gasteiger partial charge is 0.456 e. The number of benzene rings is 9. The van der Waals surface area contributed by atoms with E-state index in [0.29, 0.717) is 34.2 Å². The first kappa shape index (κ1) is 41.0. The van der Waals surface area contributed by atoms with Gasteiger partial charge in [-0.1, -0.05) is 140 Å². The van der Waals surface area contributed by atoms with Crippen LogP contribution in [0.5, 0.6) is 0 Å². The van der Waals surface area contributed by atoms with Crippen LogP contribution in [0.15, 0.2) is 209 Å². The van der Waals surface area contributed by atoms with E-state index in [1.54, 1.807) is 0 Å². The zero-order valence-corrected chi connectivity index (χ0v) is 39.4. The molecule has 5 aromatic heterocycles. The van der Waals surface area contributed by atoms with Gasteiger partial charge in [-0.3, -0.25) is 0 Å². The summed E-state index contributed by atoms with van der Waals surface area (Å²) in [5, 5.41) is 19.1. The Morgan fingerprint density at radius 2 is 1.07 bits per heavy atom. The van der Waals surface area contributed by atoms with Gasteiger partial charge in [-0.05, 0) is 96.3 Å². The van der Waals surface area contributed by atoms with Crippen LogP contribution in [0.4, 0.5) is 0 Å². The van der Waals surface area contributed by atoms with Gasteiger partial charge in [0.05, 0.1) is 44.3 Å². The molecule has 0 amide bonds. The highest BCUT2D eigenvalue weighted by Crippen LogP contribution is 2.48. The number of para-hydroxylation sites is 3. The molecule has 0 saturated heterocycles. The van der Waals surface area contributed by atoms with Crippen molar-refractivity contribution in [2.24, 2.45) is 5.92 Å². The van der Waals surface area contributed by atoms with E-state index in [2.05, 4.69) is 150 Å². The molecular formula is C65H40N6O2. The summed E-state index contributed by atoms with van der Waals surface area (Å²) in [5.41, 5.74) is 14.4. The Balaban J connectivity index is 1.06. The van der Waals surface area contributed by atoms with Gasteiger partial charge in [0.1, 0.15) is 28.6 Å². The third-order valence-electron chi connectivity index (χ3n) is 14.7. The molecule has 1 atom stereocenters. The highest BCUT2D eigenvalue weighted by atomic mass is 16.3. The Morgan fingerprint density at radius 3 is 1.81 bits per heavy atom. The maximum Gasteiger partial charge on any atom is 0.167 e. The number of rotatable bonds is 6. The summed E-state index contributed by atoms with van der Waals surface area (Å²) < 4.78 is 18.0. The standard InChI is InChI=1S/C65H40N6O2/c1-38-25-31-57-49(33-38)60-61(43(37-66)36-50(62(60)73-57)65-68-63(39-15-5-2-6-16-39)67-64(69-65)40-17-7-3-8-18-40)71-52-28-26-41(42-27-32-56-47(34-42)45-21-12-14-24-55(45)72-56)35-48(52)59-54(71)30-29-53-58(59)46-22-11-13-23-51(46)70(53)44-19-9-4-10-20-44/h2-32,34-36,38H,33H2,1H3. The minimum absolute atomic E-state index is 0.232. The lowest BCUT2D eigenvalue weighted by molar-refractivity contribution is 0.584. The van der Waals surface area contributed by atoms with Gasteiger partial charge < -0.3 is 18.0 Å². The molecule has 9 aromatic carbocycles. The summed E-state index contributed by atoms with van der Waals surface area (Å²) in [7, 11) is 0. The van der Waals surface area contributed by atoms with Crippen LogP contribution in [0.1, 0.15) is 23.8 Å². The van der Waals surface area contributed by atoms with Crippen molar-refractivity contribution >= 4 is 82.6 Å². The van der Waals surface area contributed by atoms with Crippen LogP contribution in [-0.4, -0.2) is 24.1 Å². The minimum atomic E-state index is 0.232. The van der Waals surface area contributed by atoms with E-state index in [0.717, 1.165) is 122 Å². The monoisotopic (exact) mass is 936 g/mol. The number of fused-ring (bicyclic) bond motifs is 13. The van der Waals surface area contributed by atoms with Crippen molar-refractivity contribution in [3.8, 4) is 62.7 Å². The molecule has 0 radical (unpaired) electrons. The number of allylic oxidation sites excluding steroid dienone is 1. The average Bonchev–Trinajstić information content (AvgIpc) is 4.21. The third kappa shape index (κ3) is 6.22. The lowest BCUT2D eigenvalue weighted by Gasteiger charge is -2.17. The first-order valence-electron chi connectivity index (χ1n) is 24.6. The van der Waals surface area contributed by atoms with E-state index in [1.165, 1.54) is 0 Å². The molecule has 5 heterocycles. The molecule has 0 saturated carbocycles. The van der Waals surface area contributed by atoms with Crippen LogP contribution < -0.4 is 0 Å². The maximum atomic E-state index is 11.7. The molecule has 1 aliphatic carbocycles. The Bertz CT molecular complexity index is 4610. The first-order chi connectivity index (χ1) is 36.1. The predicted molar refractivity (Wildman–Crippen MR) is 294 cm³/mol. The van der Waals surface area contributed by atoms with Crippen molar-refractivity contribution in [3.05, 3.63) is 217 Å². The number of furan rings is 2. The van der Waals surface area contributed by atoms with E-state index >= 15 is 0 Å². The van der Waals surface area contributed by atoms with Crippen LogP contribution in [0.25, 0.3) is 139 Å². The first-order valence-corrected chi connectivity index (χ1v) is 24.6.